The van der Waals surface area contributed by atoms with Gasteiger partial charge in [-0.15, -0.1) is 0 Å². The Bertz CT molecular complexity index is 1560. The minimum absolute atomic E-state index is 0.00861. The predicted octanol–water partition coefficient (Wildman–Crippen LogP) is 5.01. The molecule has 8 heteroatoms. The number of nitrogens with zero attached hydrogens (tertiary/aromatic N) is 1. The zero-order valence-electron chi connectivity index (χ0n) is 21.9. The number of allylic oxidation sites excluding steroid dienone is 1. The topological polar surface area (TPSA) is 107 Å². The lowest BCUT2D eigenvalue weighted by molar-refractivity contribution is -0.141. The second-order valence-electron chi connectivity index (χ2n) is 8.93. The Morgan fingerprint density at radius 3 is 2.15 bits per heavy atom. The van der Waals surface area contributed by atoms with Gasteiger partial charge in [0.15, 0.2) is 5.78 Å². The van der Waals surface area contributed by atoms with Crippen molar-refractivity contribution in [2.24, 2.45) is 0 Å². The molecule has 0 aromatic heterocycles. The van der Waals surface area contributed by atoms with E-state index in [1.165, 1.54) is 25.3 Å². The smallest absolute Gasteiger partial charge is 0.339 e. The van der Waals surface area contributed by atoms with Crippen LogP contribution in [0.25, 0.3) is 17.2 Å². The molecule has 8 nitrogen and oxygen atoms in total. The lowest BCUT2D eigenvalue weighted by atomic mass is 9.97. The zero-order chi connectivity index (χ0) is 28.8. The molecule has 0 atom stereocenters. The number of amides is 2. The van der Waals surface area contributed by atoms with Gasteiger partial charge in [0.05, 0.1) is 19.2 Å². The number of carbonyl (C=O) groups excluding carboxylic acids is 5. The predicted molar refractivity (Wildman–Crippen MR) is 149 cm³/mol. The lowest BCUT2D eigenvalue weighted by Gasteiger charge is -2.13. The third-order valence-corrected chi connectivity index (χ3v) is 6.15. The maximum atomic E-state index is 12.8. The fourth-order valence-corrected chi connectivity index (χ4v) is 4.00. The van der Waals surface area contributed by atoms with Crippen LogP contribution in [0.5, 0.6) is 5.75 Å². The first-order chi connectivity index (χ1) is 19.2. The van der Waals surface area contributed by atoms with Crippen LogP contribution in [0.1, 0.15) is 27.9 Å². The van der Waals surface area contributed by atoms with Gasteiger partial charge in [0, 0.05) is 23.3 Å². The average Bonchev–Trinajstić information content (AvgIpc) is 3.29. The lowest BCUT2D eigenvalue weighted by Crippen LogP contribution is -2.29. The van der Waals surface area contributed by atoms with Crippen LogP contribution in [0.4, 0.5) is 5.69 Å². The van der Waals surface area contributed by atoms with Gasteiger partial charge in [0.25, 0.3) is 11.8 Å². The first kappa shape index (κ1) is 27.7. The van der Waals surface area contributed by atoms with Gasteiger partial charge in [-0.3, -0.25) is 19.2 Å². The minimum atomic E-state index is -0.713. The van der Waals surface area contributed by atoms with Gasteiger partial charge in [-0.05, 0) is 65.6 Å². The number of hydrogen-bond donors (Lipinski definition) is 0. The van der Waals surface area contributed by atoms with Crippen molar-refractivity contribution in [1.29, 1.82) is 0 Å². The van der Waals surface area contributed by atoms with Crippen LogP contribution in [-0.2, 0) is 23.9 Å². The number of anilines is 1. The molecule has 3 aromatic carbocycles. The summed E-state index contributed by atoms with van der Waals surface area (Å²) >= 11 is 0. The molecule has 0 saturated heterocycles. The summed E-state index contributed by atoms with van der Waals surface area (Å²) in [4.78, 5) is 60.9. The molecule has 2 amide bonds. The average molecular weight is 536 g/mol. The molecule has 0 N–H and O–H groups in total. The largest absolute Gasteiger partial charge is 0.469 e. The summed E-state index contributed by atoms with van der Waals surface area (Å²) in [6.07, 6.45) is 5.34. The summed E-state index contributed by atoms with van der Waals surface area (Å²) in [6, 6.07) is 19.0. The van der Waals surface area contributed by atoms with Gasteiger partial charge in [-0.1, -0.05) is 49.1 Å². The van der Waals surface area contributed by atoms with Gasteiger partial charge in [0.2, 0.25) is 0 Å². The minimum Gasteiger partial charge on any atom is -0.469 e. The molecule has 4 rings (SSSR count). The molecule has 0 unspecified atom stereocenters. The van der Waals surface area contributed by atoms with E-state index in [1.807, 2.05) is 13.0 Å². The number of rotatable bonds is 9. The van der Waals surface area contributed by atoms with Crippen molar-refractivity contribution in [2.45, 2.75) is 13.3 Å². The Hall–Kier alpha value is -5.37. The van der Waals surface area contributed by atoms with E-state index >= 15 is 0 Å². The van der Waals surface area contributed by atoms with Crippen LogP contribution in [0.15, 0.2) is 97.1 Å². The maximum absolute atomic E-state index is 12.8. The van der Waals surface area contributed by atoms with Crippen LogP contribution in [0, 0.1) is 6.92 Å². The Balaban J connectivity index is 1.39. The summed E-state index contributed by atoms with van der Waals surface area (Å²) < 4.78 is 9.79. The summed E-state index contributed by atoms with van der Waals surface area (Å²) in [5.74, 6) is -1.94. The van der Waals surface area contributed by atoms with Gasteiger partial charge >= 0.3 is 11.9 Å². The molecule has 200 valence electrons. The van der Waals surface area contributed by atoms with Crippen LogP contribution < -0.4 is 9.64 Å². The number of hydrogen-bond acceptors (Lipinski definition) is 7. The van der Waals surface area contributed by atoms with E-state index in [2.05, 4.69) is 11.3 Å². The molecule has 3 aromatic rings. The molecule has 1 aliphatic rings. The number of carbonyl (C=O) groups is 5. The van der Waals surface area contributed by atoms with Crippen LogP contribution in [0.3, 0.4) is 0 Å². The number of aryl methyl sites for hydroxylation is 1. The maximum Gasteiger partial charge on any atom is 0.339 e. The number of esters is 2. The normalized spacial score (nSPS) is 12.6. The highest BCUT2D eigenvalue weighted by atomic mass is 16.5. The fraction of sp³-hybridized carbons (Fsp3) is 0.0938. The van der Waals surface area contributed by atoms with E-state index in [9.17, 15) is 24.0 Å². The standard InChI is InChI=1S/C32H25NO7/c1-20-18-24(28(34)15-6-22-4-10-25(11-5-22)33-29(35)16-17-30(33)36)9-14-27(20)23-7-12-26(13-8-23)40-32(38)21(2)19-31(37)39-3/h4-18H,2,19H2,1,3H3/b15-6+. The van der Waals surface area contributed by atoms with E-state index in [4.69, 9.17) is 4.74 Å². The number of methoxy groups -OCH3 is 1. The molecule has 1 heterocycles. The van der Waals surface area contributed by atoms with Crippen molar-refractivity contribution in [3.05, 3.63) is 114 Å². The van der Waals surface area contributed by atoms with E-state index in [1.54, 1.807) is 66.7 Å². The number of imide groups is 1. The Kier molecular flexibility index (Phi) is 8.30. The van der Waals surface area contributed by atoms with Crippen LogP contribution in [-0.4, -0.2) is 36.6 Å². The second kappa shape index (κ2) is 12.0. The number of ether oxygens (including phenoxy) is 2. The first-order valence-electron chi connectivity index (χ1n) is 12.2. The third kappa shape index (κ3) is 6.36. The van der Waals surface area contributed by atoms with Gasteiger partial charge < -0.3 is 9.47 Å². The van der Waals surface area contributed by atoms with Crippen molar-refractivity contribution in [1.82, 2.24) is 0 Å². The fourth-order valence-electron chi connectivity index (χ4n) is 4.00. The summed E-state index contributed by atoms with van der Waals surface area (Å²) in [5.41, 5.74) is 4.37. The Labute approximate surface area is 230 Å². The van der Waals surface area contributed by atoms with Crippen molar-refractivity contribution < 1.29 is 33.4 Å². The molecule has 40 heavy (non-hydrogen) atoms. The third-order valence-electron chi connectivity index (χ3n) is 6.15. The van der Waals surface area contributed by atoms with Crippen LogP contribution in [0.2, 0.25) is 0 Å². The number of ketones is 1. The van der Waals surface area contributed by atoms with Crippen molar-refractivity contribution >= 4 is 41.3 Å². The van der Waals surface area contributed by atoms with E-state index in [0.717, 1.165) is 27.2 Å². The van der Waals surface area contributed by atoms with E-state index < -0.39 is 11.9 Å². The highest BCUT2D eigenvalue weighted by Crippen LogP contribution is 2.27. The molecule has 0 radical (unpaired) electrons. The van der Waals surface area contributed by atoms with Crippen molar-refractivity contribution in [3.8, 4) is 16.9 Å². The molecule has 0 bridgehead atoms. The molecule has 1 aliphatic heterocycles. The first-order valence-corrected chi connectivity index (χ1v) is 12.2. The Morgan fingerprint density at radius 1 is 0.900 bits per heavy atom. The zero-order valence-corrected chi connectivity index (χ0v) is 21.9. The van der Waals surface area contributed by atoms with Crippen molar-refractivity contribution in [3.63, 3.8) is 0 Å². The van der Waals surface area contributed by atoms with Gasteiger partial charge in [-0.2, -0.15) is 0 Å². The highest BCUT2D eigenvalue weighted by Gasteiger charge is 2.24. The molecule has 0 aliphatic carbocycles. The molecule has 0 saturated carbocycles. The SMILES string of the molecule is C=C(CC(=O)OC)C(=O)Oc1ccc(-c2ccc(C(=O)/C=C/c3ccc(N4C(=O)C=CC4=O)cc3)cc2C)cc1. The highest BCUT2D eigenvalue weighted by molar-refractivity contribution is 6.28. The quantitative estimate of drug-likeness (QED) is 0.125. The molecular formula is C32H25NO7. The molecular weight excluding hydrogens is 510 g/mol. The number of benzene rings is 3. The van der Waals surface area contributed by atoms with Gasteiger partial charge in [-0.25, -0.2) is 9.69 Å². The molecule has 0 fully saturated rings. The van der Waals surface area contributed by atoms with Crippen molar-refractivity contribution in [2.75, 3.05) is 12.0 Å². The summed E-state index contributed by atoms with van der Waals surface area (Å²) in [6.45, 7) is 5.46. The second-order valence-corrected chi connectivity index (χ2v) is 8.93. The summed E-state index contributed by atoms with van der Waals surface area (Å²) in [7, 11) is 1.23. The van der Waals surface area contributed by atoms with E-state index in [0.29, 0.717) is 17.0 Å². The van der Waals surface area contributed by atoms with Crippen LogP contribution >= 0.6 is 0 Å². The monoisotopic (exact) mass is 535 g/mol. The van der Waals surface area contributed by atoms with E-state index in [-0.39, 0.29) is 29.6 Å². The van der Waals surface area contributed by atoms with Gasteiger partial charge in [0.1, 0.15) is 5.75 Å². The summed E-state index contributed by atoms with van der Waals surface area (Å²) in [5, 5.41) is 0. The Morgan fingerprint density at radius 2 is 1.55 bits per heavy atom. The molecule has 0 spiro atoms.